The highest BCUT2D eigenvalue weighted by atomic mass is 32.2. The van der Waals surface area contributed by atoms with E-state index in [9.17, 15) is 13.2 Å². The Hall–Kier alpha value is -2.71. The number of likely N-dealkylation sites (tertiary alicyclic amines) is 1. The second-order valence-corrected chi connectivity index (χ2v) is 12.0. The molecular formula is C26H32N4O3S. The maximum Gasteiger partial charge on any atom is 0.243 e. The van der Waals surface area contributed by atoms with Crippen LogP contribution in [0.25, 0.3) is 22.4 Å². The zero-order valence-electron chi connectivity index (χ0n) is 19.8. The van der Waals surface area contributed by atoms with Gasteiger partial charge in [-0.3, -0.25) is 4.79 Å². The lowest BCUT2D eigenvalue weighted by atomic mass is 9.90. The number of nitrogens with one attached hydrogen (secondary N) is 1. The molecule has 2 aromatic carbocycles. The minimum absolute atomic E-state index is 0.106. The van der Waals surface area contributed by atoms with Gasteiger partial charge in [0.2, 0.25) is 15.9 Å². The summed E-state index contributed by atoms with van der Waals surface area (Å²) in [4.78, 5) is 23.3. The van der Waals surface area contributed by atoms with Gasteiger partial charge < -0.3 is 9.88 Å². The first-order valence-corrected chi connectivity index (χ1v) is 13.6. The smallest absolute Gasteiger partial charge is 0.243 e. The van der Waals surface area contributed by atoms with Gasteiger partial charge in [-0.25, -0.2) is 13.4 Å². The van der Waals surface area contributed by atoms with Crippen LogP contribution in [0.15, 0.2) is 53.4 Å². The molecule has 3 aromatic rings. The molecule has 2 fully saturated rings. The average Bonchev–Trinajstić information content (AvgIpc) is 3.27. The van der Waals surface area contributed by atoms with E-state index in [1.165, 1.54) is 4.31 Å². The van der Waals surface area contributed by atoms with E-state index < -0.39 is 10.0 Å². The molecule has 1 aromatic heterocycles. The number of sulfonamides is 1. The first-order chi connectivity index (χ1) is 16.3. The van der Waals surface area contributed by atoms with Crippen molar-refractivity contribution in [1.82, 2.24) is 19.2 Å². The Bertz CT molecular complexity index is 1280. The van der Waals surface area contributed by atoms with Crippen molar-refractivity contribution in [3.05, 3.63) is 48.5 Å². The van der Waals surface area contributed by atoms with Gasteiger partial charge in [0, 0.05) is 31.7 Å². The molecule has 3 atom stereocenters. The number of carbonyl (C=O) groups is 1. The lowest BCUT2D eigenvalue weighted by molar-refractivity contribution is -0.139. The fraction of sp³-hybridized carbons (Fsp3) is 0.462. The van der Waals surface area contributed by atoms with Crippen LogP contribution in [0, 0.1) is 17.8 Å². The maximum atomic E-state index is 13.5. The quantitative estimate of drug-likeness (QED) is 0.608. The minimum Gasteiger partial charge on any atom is -0.342 e. The number of carbonyl (C=O) groups excluding carboxylic acids is 1. The molecule has 0 aliphatic carbocycles. The van der Waals surface area contributed by atoms with Crippen molar-refractivity contribution in [2.24, 2.45) is 17.8 Å². The van der Waals surface area contributed by atoms with Gasteiger partial charge in [-0.2, -0.15) is 4.31 Å². The molecule has 5 rings (SSSR count). The SMILES string of the molecule is C[C@@H]1C[C@H](C)CN(C(=O)[C@H]2CCCN(S(=O)(=O)c3ccc4nc(-c5ccccc5)[nH]c4c3)C2)C1. The summed E-state index contributed by atoms with van der Waals surface area (Å²) in [5, 5.41) is 0. The summed E-state index contributed by atoms with van der Waals surface area (Å²) in [7, 11) is -3.71. The molecular weight excluding hydrogens is 448 g/mol. The highest BCUT2D eigenvalue weighted by Gasteiger charge is 2.36. The number of aromatic amines is 1. The summed E-state index contributed by atoms with van der Waals surface area (Å²) in [6.07, 6.45) is 2.57. The van der Waals surface area contributed by atoms with Gasteiger partial charge in [-0.15, -0.1) is 0 Å². The molecule has 3 heterocycles. The Morgan fingerprint density at radius 1 is 1.03 bits per heavy atom. The molecule has 34 heavy (non-hydrogen) atoms. The number of hydrogen-bond acceptors (Lipinski definition) is 4. The molecule has 2 aliphatic rings. The molecule has 0 bridgehead atoms. The third-order valence-electron chi connectivity index (χ3n) is 7.05. The van der Waals surface area contributed by atoms with E-state index in [2.05, 4.69) is 23.8 Å². The van der Waals surface area contributed by atoms with Crippen LogP contribution in [0.3, 0.4) is 0 Å². The highest BCUT2D eigenvalue weighted by Crippen LogP contribution is 2.29. The zero-order valence-corrected chi connectivity index (χ0v) is 20.6. The summed E-state index contributed by atoms with van der Waals surface area (Å²) in [5.74, 6) is 1.51. The summed E-state index contributed by atoms with van der Waals surface area (Å²) in [5.41, 5.74) is 2.35. The summed E-state index contributed by atoms with van der Waals surface area (Å²) in [6, 6.07) is 14.8. The molecule has 0 radical (unpaired) electrons. The number of hydrogen-bond donors (Lipinski definition) is 1. The van der Waals surface area contributed by atoms with Gasteiger partial charge in [0.25, 0.3) is 0 Å². The van der Waals surface area contributed by atoms with Gasteiger partial charge >= 0.3 is 0 Å². The Kier molecular flexibility index (Phi) is 6.20. The van der Waals surface area contributed by atoms with Gasteiger partial charge in [-0.1, -0.05) is 44.2 Å². The second kappa shape index (κ2) is 9.15. The molecule has 0 spiro atoms. The highest BCUT2D eigenvalue weighted by molar-refractivity contribution is 7.89. The number of aromatic nitrogens is 2. The molecule has 0 unspecified atom stereocenters. The van der Waals surface area contributed by atoms with E-state index in [4.69, 9.17) is 0 Å². The first-order valence-electron chi connectivity index (χ1n) is 12.2. The topological polar surface area (TPSA) is 86.4 Å². The van der Waals surface area contributed by atoms with Crippen LogP contribution in [0.2, 0.25) is 0 Å². The van der Waals surface area contributed by atoms with E-state index in [1.807, 2.05) is 35.2 Å². The molecule has 2 saturated heterocycles. The van der Waals surface area contributed by atoms with Crippen molar-refractivity contribution in [3.8, 4) is 11.4 Å². The Labute approximate surface area is 201 Å². The number of benzene rings is 2. The van der Waals surface area contributed by atoms with E-state index in [-0.39, 0.29) is 23.3 Å². The predicted octanol–water partition coefficient (Wildman–Crippen LogP) is 4.14. The van der Waals surface area contributed by atoms with Crippen LogP contribution in [-0.2, 0) is 14.8 Å². The van der Waals surface area contributed by atoms with Crippen LogP contribution in [0.4, 0.5) is 0 Å². The fourth-order valence-electron chi connectivity index (χ4n) is 5.49. The van der Waals surface area contributed by atoms with Gasteiger partial charge in [0.15, 0.2) is 0 Å². The molecule has 180 valence electrons. The summed E-state index contributed by atoms with van der Waals surface area (Å²) >= 11 is 0. The lowest BCUT2D eigenvalue weighted by Gasteiger charge is -2.39. The predicted molar refractivity (Wildman–Crippen MR) is 133 cm³/mol. The summed E-state index contributed by atoms with van der Waals surface area (Å²) in [6.45, 7) is 6.59. The Morgan fingerprint density at radius 3 is 2.50 bits per heavy atom. The number of amides is 1. The van der Waals surface area contributed by atoms with Crippen molar-refractivity contribution >= 4 is 27.0 Å². The number of nitrogens with zero attached hydrogens (tertiary/aromatic N) is 3. The summed E-state index contributed by atoms with van der Waals surface area (Å²) < 4.78 is 28.5. The number of imidazole rings is 1. The van der Waals surface area contributed by atoms with Crippen LogP contribution in [0.5, 0.6) is 0 Å². The largest absolute Gasteiger partial charge is 0.342 e. The fourth-order valence-corrected chi connectivity index (χ4v) is 7.04. The van der Waals surface area contributed by atoms with Gasteiger partial charge in [0.1, 0.15) is 5.82 Å². The molecule has 1 N–H and O–H groups in total. The van der Waals surface area contributed by atoms with E-state index in [0.717, 1.165) is 37.0 Å². The third kappa shape index (κ3) is 4.49. The third-order valence-corrected chi connectivity index (χ3v) is 8.91. The van der Waals surface area contributed by atoms with Gasteiger partial charge in [0.05, 0.1) is 21.8 Å². The standard InChI is InChI=1S/C26H32N4O3S/c1-18-13-19(2)16-29(15-18)26(31)21-9-6-12-30(17-21)34(32,33)22-10-11-23-24(14-22)28-25(27-23)20-7-4-3-5-8-20/h3-5,7-8,10-11,14,18-19,21H,6,9,12-13,15-17H2,1-2H3,(H,27,28)/t18-,19+,21-/m0/s1. The van der Waals surface area contributed by atoms with E-state index in [0.29, 0.717) is 36.1 Å². The second-order valence-electron chi connectivity index (χ2n) is 10.0. The maximum absolute atomic E-state index is 13.5. The Balaban J connectivity index is 1.36. The average molecular weight is 481 g/mol. The van der Waals surface area contributed by atoms with E-state index in [1.54, 1.807) is 18.2 Å². The first kappa shape index (κ1) is 23.1. The normalized spacial score (nSPS) is 24.4. The number of H-pyrrole nitrogens is 1. The van der Waals surface area contributed by atoms with Crippen LogP contribution in [0.1, 0.15) is 33.1 Å². The van der Waals surface area contributed by atoms with Gasteiger partial charge in [-0.05, 0) is 49.3 Å². The monoisotopic (exact) mass is 480 g/mol. The van der Waals surface area contributed by atoms with Crippen LogP contribution in [-0.4, -0.2) is 59.7 Å². The molecule has 7 nitrogen and oxygen atoms in total. The molecule has 2 aliphatic heterocycles. The number of piperidine rings is 2. The molecule has 8 heteroatoms. The van der Waals surface area contributed by atoms with Crippen molar-refractivity contribution in [2.75, 3.05) is 26.2 Å². The zero-order chi connectivity index (χ0) is 23.9. The van der Waals surface area contributed by atoms with Crippen molar-refractivity contribution < 1.29 is 13.2 Å². The van der Waals surface area contributed by atoms with Crippen molar-refractivity contribution in [1.29, 1.82) is 0 Å². The number of rotatable bonds is 4. The lowest BCUT2D eigenvalue weighted by Crippen LogP contribution is -2.50. The van der Waals surface area contributed by atoms with Crippen molar-refractivity contribution in [2.45, 2.75) is 38.0 Å². The molecule has 0 saturated carbocycles. The van der Waals surface area contributed by atoms with Crippen LogP contribution < -0.4 is 0 Å². The van der Waals surface area contributed by atoms with E-state index >= 15 is 0 Å². The minimum atomic E-state index is -3.71. The Morgan fingerprint density at radius 2 is 1.76 bits per heavy atom. The van der Waals surface area contributed by atoms with Crippen molar-refractivity contribution in [3.63, 3.8) is 0 Å². The van der Waals surface area contributed by atoms with Crippen LogP contribution >= 0.6 is 0 Å². The molecule has 1 amide bonds. The number of fused-ring (bicyclic) bond motifs is 1.